The lowest BCUT2D eigenvalue weighted by Gasteiger charge is -2.28. The number of benzene rings is 10. The summed E-state index contributed by atoms with van der Waals surface area (Å²) in [5, 5.41) is 12.6. The van der Waals surface area contributed by atoms with Crippen molar-refractivity contribution in [1.82, 2.24) is 0 Å². The molecule has 0 aliphatic carbocycles. The zero-order chi connectivity index (χ0) is 33.7. The van der Waals surface area contributed by atoms with Crippen molar-refractivity contribution < 1.29 is 0 Å². The number of hydrogen-bond acceptors (Lipinski definition) is 1. The van der Waals surface area contributed by atoms with E-state index >= 15 is 0 Å². The van der Waals surface area contributed by atoms with E-state index in [-0.39, 0.29) is 0 Å². The summed E-state index contributed by atoms with van der Waals surface area (Å²) in [4.78, 5) is 2.44. The summed E-state index contributed by atoms with van der Waals surface area (Å²) in [6.07, 6.45) is 0. The van der Waals surface area contributed by atoms with Crippen LogP contribution in [-0.2, 0) is 0 Å². The van der Waals surface area contributed by atoms with E-state index in [2.05, 4.69) is 205 Å². The fourth-order valence-corrected chi connectivity index (χ4v) is 7.97. The van der Waals surface area contributed by atoms with Crippen LogP contribution in [0.5, 0.6) is 0 Å². The van der Waals surface area contributed by atoms with Gasteiger partial charge in [-0.3, -0.25) is 0 Å². The van der Waals surface area contributed by atoms with Crippen molar-refractivity contribution in [2.45, 2.75) is 0 Å². The summed E-state index contributed by atoms with van der Waals surface area (Å²) in [5.41, 5.74) is 8.25. The molecule has 0 N–H and O–H groups in total. The lowest BCUT2D eigenvalue weighted by Crippen LogP contribution is -2.10. The molecule has 51 heavy (non-hydrogen) atoms. The Labute approximate surface area is 297 Å². The molecule has 0 radical (unpaired) electrons. The van der Waals surface area contributed by atoms with Crippen LogP contribution >= 0.6 is 0 Å². The van der Waals surface area contributed by atoms with E-state index in [1.807, 2.05) is 0 Å². The number of fused-ring (bicyclic) bond motifs is 9. The first-order chi connectivity index (χ1) is 25.3. The monoisotopic (exact) mass is 647 g/mol. The Kier molecular flexibility index (Phi) is 6.89. The number of nitrogens with zero attached hydrogens (tertiary/aromatic N) is 1. The molecule has 0 unspecified atom stereocenters. The average Bonchev–Trinajstić information content (AvgIpc) is 3.22. The van der Waals surface area contributed by atoms with Crippen molar-refractivity contribution in [1.29, 1.82) is 0 Å². The molecule has 1 nitrogen and oxygen atoms in total. The maximum absolute atomic E-state index is 2.44. The molecule has 0 amide bonds. The predicted octanol–water partition coefficient (Wildman–Crippen LogP) is 14.3. The molecule has 0 saturated heterocycles. The summed E-state index contributed by atoms with van der Waals surface area (Å²) < 4.78 is 0. The highest BCUT2D eigenvalue weighted by molar-refractivity contribution is 6.26. The van der Waals surface area contributed by atoms with Crippen molar-refractivity contribution in [3.8, 4) is 22.3 Å². The van der Waals surface area contributed by atoms with Crippen LogP contribution < -0.4 is 4.90 Å². The molecule has 0 aromatic heterocycles. The first-order valence-electron chi connectivity index (χ1n) is 17.6. The highest BCUT2D eigenvalue weighted by atomic mass is 15.1. The molecule has 0 heterocycles. The average molecular weight is 648 g/mol. The van der Waals surface area contributed by atoms with Gasteiger partial charge in [0.15, 0.2) is 0 Å². The molecule has 0 aliphatic rings. The first-order valence-corrected chi connectivity index (χ1v) is 17.6. The number of hydrogen-bond donors (Lipinski definition) is 0. The van der Waals surface area contributed by atoms with Crippen LogP contribution in [0.25, 0.3) is 76.1 Å². The second kappa shape index (κ2) is 12.0. The normalized spacial score (nSPS) is 11.5. The number of rotatable bonds is 5. The van der Waals surface area contributed by atoms with Crippen LogP contribution in [0.1, 0.15) is 0 Å². The van der Waals surface area contributed by atoms with Gasteiger partial charge in [-0.1, -0.05) is 170 Å². The Morgan fingerprint density at radius 1 is 0.235 bits per heavy atom. The maximum Gasteiger partial charge on any atom is 0.0546 e. The van der Waals surface area contributed by atoms with E-state index in [1.165, 1.54) is 76.1 Å². The highest BCUT2D eigenvalue weighted by Crippen LogP contribution is 2.45. The van der Waals surface area contributed by atoms with E-state index < -0.39 is 0 Å². The maximum atomic E-state index is 2.44. The molecule has 10 rings (SSSR count). The van der Waals surface area contributed by atoms with Crippen molar-refractivity contribution >= 4 is 70.9 Å². The largest absolute Gasteiger partial charge is 0.310 e. The van der Waals surface area contributed by atoms with E-state index in [0.29, 0.717) is 0 Å². The van der Waals surface area contributed by atoms with Gasteiger partial charge in [0, 0.05) is 16.8 Å². The molecular formula is C50H33N. The van der Waals surface area contributed by atoms with Gasteiger partial charge in [0.2, 0.25) is 0 Å². The van der Waals surface area contributed by atoms with Crippen molar-refractivity contribution in [2.75, 3.05) is 4.90 Å². The van der Waals surface area contributed by atoms with E-state index in [4.69, 9.17) is 0 Å². The molecule has 0 atom stereocenters. The van der Waals surface area contributed by atoms with Gasteiger partial charge in [-0.2, -0.15) is 0 Å². The molecule has 10 aromatic rings. The zero-order valence-electron chi connectivity index (χ0n) is 28.0. The molecule has 0 spiro atoms. The lowest BCUT2D eigenvalue weighted by atomic mass is 9.93. The highest BCUT2D eigenvalue weighted by Gasteiger charge is 2.19. The Morgan fingerprint density at radius 3 is 1.22 bits per heavy atom. The van der Waals surface area contributed by atoms with Gasteiger partial charge in [0.05, 0.1) is 5.69 Å². The molecule has 0 fully saturated rings. The van der Waals surface area contributed by atoms with Crippen LogP contribution in [0.3, 0.4) is 0 Å². The van der Waals surface area contributed by atoms with Crippen LogP contribution in [0.2, 0.25) is 0 Å². The smallest absolute Gasteiger partial charge is 0.0546 e. The first kappa shape index (κ1) is 29.2. The Morgan fingerprint density at radius 2 is 0.627 bits per heavy atom. The zero-order valence-corrected chi connectivity index (χ0v) is 28.0. The third-order valence-corrected chi connectivity index (χ3v) is 10.4. The van der Waals surface area contributed by atoms with Crippen LogP contribution in [0.4, 0.5) is 17.1 Å². The van der Waals surface area contributed by atoms with Gasteiger partial charge in [-0.15, -0.1) is 0 Å². The third kappa shape index (κ3) is 4.94. The summed E-state index contributed by atoms with van der Waals surface area (Å²) in [7, 11) is 0. The second-order valence-electron chi connectivity index (χ2n) is 13.3. The summed E-state index contributed by atoms with van der Waals surface area (Å²) >= 11 is 0. The summed E-state index contributed by atoms with van der Waals surface area (Å²) in [6, 6.07) is 73.0. The van der Waals surface area contributed by atoms with Gasteiger partial charge >= 0.3 is 0 Å². The van der Waals surface area contributed by atoms with Crippen molar-refractivity contribution in [3.05, 3.63) is 200 Å². The fourth-order valence-electron chi connectivity index (χ4n) is 7.97. The van der Waals surface area contributed by atoms with Crippen LogP contribution in [0.15, 0.2) is 200 Å². The standard InChI is InChI=1S/C50H33N/c1-2-12-34(13-3-1)35-22-24-36(25-23-35)37-26-28-39(29-27-37)51(50-32-38-14-4-5-15-41(38)42-16-10-11-21-48(42)50)40-30-31-47-45-19-7-6-17-43(45)44-18-8-9-20-46(44)49(47)33-40/h1-33H. The minimum absolute atomic E-state index is 1.12. The van der Waals surface area contributed by atoms with E-state index in [1.54, 1.807) is 0 Å². The number of anilines is 3. The fraction of sp³-hybridized carbons (Fsp3) is 0. The van der Waals surface area contributed by atoms with Gasteiger partial charge in [-0.25, -0.2) is 0 Å². The van der Waals surface area contributed by atoms with Gasteiger partial charge in [0.25, 0.3) is 0 Å². The predicted molar refractivity (Wildman–Crippen MR) is 220 cm³/mol. The quantitative estimate of drug-likeness (QED) is 0.168. The minimum Gasteiger partial charge on any atom is -0.310 e. The van der Waals surface area contributed by atoms with E-state index in [9.17, 15) is 0 Å². The molecule has 0 saturated carbocycles. The molecular weight excluding hydrogens is 615 g/mol. The Hall–Kier alpha value is -6.70. The van der Waals surface area contributed by atoms with Crippen LogP contribution in [0, 0.1) is 0 Å². The molecule has 10 aromatic carbocycles. The Bertz CT molecular complexity index is 2850. The summed E-state index contributed by atoms with van der Waals surface area (Å²) in [5.74, 6) is 0. The Balaban J connectivity index is 1.18. The van der Waals surface area contributed by atoms with Crippen molar-refractivity contribution in [2.24, 2.45) is 0 Å². The van der Waals surface area contributed by atoms with Crippen molar-refractivity contribution in [3.63, 3.8) is 0 Å². The summed E-state index contributed by atoms with van der Waals surface area (Å²) in [6.45, 7) is 0. The third-order valence-electron chi connectivity index (χ3n) is 10.4. The van der Waals surface area contributed by atoms with E-state index in [0.717, 1.165) is 17.1 Å². The van der Waals surface area contributed by atoms with Gasteiger partial charge < -0.3 is 4.90 Å². The molecule has 1 heteroatoms. The van der Waals surface area contributed by atoms with Crippen LogP contribution in [-0.4, -0.2) is 0 Å². The topological polar surface area (TPSA) is 3.24 Å². The minimum atomic E-state index is 1.12. The van der Waals surface area contributed by atoms with Gasteiger partial charge in [0.1, 0.15) is 0 Å². The molecule has 0 bridgehead atoms. The SMILES string of the molecule is c1ccc(-c2ccc(-c3ccc(N(c4ccc5c6ccccc6c6ccccc6c5c4)c4cc5ccccc5c5ccccc45)cc3)cc2)cc1. The molecule has 238 valence electrons. The van der Waals surface area contributed by atoms with Gasteiger partial charge in [-0.05, 0) is 101 Å². The second-order valence-corrected chi connectivity index (χ2v) is 13.3. The molecule has 0 aliphatic heterocycles. The lowest BCUT2D eigenvalue weighted by molar-refractivity contribution is 1.31.